The van der Waals surface area contributed by atoms with Gasteiger partial charge in [0.1, 0.15) is 0 Å². The zero-order chi connectivity index (χ0) is 19.0. The van der Waals surface area contributed by atoms with Gasteiger partial charge in [0, 0.05) is 6.54 Å². The summed E-state index contributed by atoms with van der Waals surface area (Å²) in [6, 6.07) is 6.47. The van der Waals surface area contributed by atoms with Gasteiger partial charge in [-0.1, -0.05) is 46.8 Å². The molecule has 3 amide bonds. The van der Waals surface area contributed by atoms with Crippen LogP contribution in [0.25, 0.3) is 0 Å². The van der Waals surface area contributed by atoms with E-state index in [9.17, 15) is 14.4 Å². The van der Waals surface area contributed by atoms with Crippen molar-refractivity contribution in [1.29, 1.82) is 0 Å². The summed E-state index contributed by atoms with van der Waals surface area (Å²) in [5, 5.41) is 4.70. The number of nitrogens with one attached hydrogen (secondary N) is 2. The van der Waals surface area contributed by atoms with Gasteiger partial charge in [-0.2, -0.15) is 0 Å². The van der Waals surface area contributed by atoms with Crippen molar-refractivity contribution in [1.82, 2.24) is 10.6 Å². The van der Waals surface area contributed by atoms with Gasteiger partial charge in [0.25, 0.3) is 5.91 Å². The molecule has 1 aromatic carbocycles. The summed E-state index contributed by atoms with van der Waals surface area (Å²) < 4.78 is 4.93. The largest absolute Gasteiger partial charge is 0.452 e. The van der Waals surface area contributed by atoms with E-state index in [0.717, 1.165) is 12.0 Å². The molecule has 0 spiro atoms. The molecule has 25 heavy (non-hydrogen) atoms. The molecule has 6 nitrogen and oxygen atoms in total. The lowest BCUT2D eigenvalue weighted by molar-refractivity contribution is -0.123. The monoisotopic (exact) mass is 348 g/mol. The lowest BCUT2D eigenvalue weighted by atomic mass is 9.87. The average molecular weight is 348 g/mol. The van der Waals surface area contributed by atoms with E-state index in [-0.39, 0.29) is 5.41 Å². The summed E-state index contributed by atoms with van der Waals surface area (Å²) >= 11 is 0. The smallest absolute Gasteiger partial charge is 0.338 e. The molecular formula is C19H28N2O4. The number of hydrogen-bond donors (Lipinski definition) is 2. The highest BCUT2D eigenvalue weighted by Gasteiger charge is 2.16. The minimum Gasteiger partial charge on any atom is -0.452 e. The van der Waals surface area contributed by atoms with Crippen LogP contribution < -0.4 is 10.6 Å². The number of esters is 1. The molecule has 0 aromatic heterocycles. The second-order valence-electron chi connectivity index (χ2n) is 7.39. The van der Waals surface area contributed by atoms with Crippen LogP contribution in [0, 0.1) is 5.92 Å². The molecule has 0 aliphatic heterocycles. The van der Waals surface area contributed by atoms with Crippen molar-refractivity contribution >= 4 is 17.9 Å². The molecule has 0 aliphatic carbocycles. The first kappa shape index (κ1) is 20.7. The Hall–Kier alpha value is -2.37. The molecule has 6 heteroatoms. The third-order valence-electron chi connectivity index (χ3n) is 3.58. The quantitative estimate of drug-likeness (QED) is 0.774. The molecule has 0 saturated carbocycles. The van der Waals surface area contributed by atoms with Crippen LogP contribution in [0.1, 0.15) is 57.0 Å². The van der Waals surface area contributed by atoms with E-state index in [1.54, 1.807) is 12.1 Å². The standard InChI is InChI=1S/C19H28N2O4/c1-13(2)10-11-20-18(24)21-16(22)12-25-17(23)14-6-8-15(9-7-14)19(3,4)5/h6-9,13H,10-12H2,1-5H3,(H2,20,21,22,24). The van der Waals surface area contributed by atoms with Crippen molar-refractivity contribution in [2.75, 3.05) is 13.2 Å². The topological polar surface area (TPSA) is 84.5 Å². The van der Waals surface area contributed by atoms with Crippen LogP contribution in [0.3, 0.4) is 0 Å². The molecular weight excluding hydrogens is 320 g/mol. The fourth-order valence-corrected chi connectivity index (χ4v) is 2.00. The molecule has 138 valence electrons. The molecule has 0 atom stereocenters. The van der Waals surface area contributed by atoms with E-state index in [1.165, 1.54) is 0 Å². The average Bonchev–Trinajstić information content (AvgIpc) is 2.51. The zero-order valence-corrected chi connectivity index (χ0v) is 15.6. The SMILES string of the molecule is CC(C)CCNC(=O)NC(=O)COC(=O)c1ccc(C(C)(C)C)cc1. The van der Waals surface area contributed by atoms with Gasteiger partial charge in [-0.05, 0) is 35.4 Å². The second kappa shape index (κ2) is 9.20. The maximum absolute atomic E-state index is 11.9. The van der Waals surface area contributed by atoms with E-state index in [0.29, 0.717) is 18.0 Å². The third kappa shape index (κ3) is 7.83. The van der Waals surface area contributed by atoms with Crippen LogP contribution in [-0.4, -0.2) is 31.1 Å². The number of hydrogen-bond acceptors (Lipinski definition) is 4. The van der Waals surface area contributed by atoms with Crippen LogP contribution in [0.5, 0.6) is 0 Å². The highest BCUT2D eigenvalue weighted by molar-refractivity contribution is 5.97. The van der Waals surface area contributed by atoms with Gasteiger partial charge in [0.15, 0.2) is 6.61 Å². The van der Waals surface area contributed by atoms with Gasteiger partial charge >= 0.3 is 12.0 Å². The molecule has 0 saturated heterocycles. The second-order valence-corrected chi connectivity index (χ2v) is 7.39. The molecule has 0 fully saturated rings. The minimum absolute atomic E-state index is 0.00868. The Morgan fingerprint density at radius 2 is 1.68 bits per heavy atom. The molecule has 0 heterocycles. The van der Waals surface area contributed by atoms with Gasteiger partial charge in [0.05, 0.1) is 5.56 Å². The van der Waals surface area contributed by atoms with Crippen molar-refractivity contribution in [2.24, 2.45) is 5.92 Å². The van der Waals surface area contributed by atoms with Gasteiger partial charge in [-0.15, -0.1) is 0 Å². The molecule has 0 bridgehead atoms. The molecule has 2 N–H and O–H groups in total. The fraction of sp³-hybridized carbons (Fsp3) is 0.526. The number of urea groups is 1. The van der Waals surface area contributed by atoms with Crippen LogP contribution in [0.2, 0.25) is 0 Å². The van der Waals surface area contributed by atoms with Crippen molar-refractivity contribution in [3.8, 4) is 0 Å². The van der Waals surface area contributed by atoms with E-state index >= 15 is 0 Å². The summed E-state index contributed by atoms with van der Waals surface area (Å²) in [4.78, 5) is 35.1. The summed E-state index contributed by atoms with van der Waals surface area (Å²) in [7, 11) is 0. The molecule has 1 aromatic rings. The summed E-state index contributed by atoms with van der Waals surface area (Å²) in [6.45, 7) is 10.3. The maximum atomic E-state index is 11.9. The molecule has 0 aliphatic rings. The lowest BCUT2D eigenvalue weighted by Gasteiger charge is -2.18. The number of rotatable bonds is 6. The Morgan fingerprint density at radius 1 is 1.08 bits per heavy atom. The van der Waals surface area contributed by atoms with Crippen molar-refractivity contribution < 1.29 is 19.1 Å². The summed E-state index contributed by atoms with van der Waals surface area (Å²) in [5.41, 5.74) is 1.45. The maximum Gasteiger partial charge on any atom is 0.338 e. The van der Waals surface area contributed by atoms with Crippen LogP contribution >= 0.6 is 0 Å². The normalized spacial score (nSPS) is 11.1. The van der Waals surface area contributed by atoms with Crippen LogP contribution in [0.15, 0.2) is 24.3 Å². The van der Waals surface area contributed by atoms with Crippen LogP contribution in [0.4, 0.5) is 4.79 Å². The number of carbonyl (C=O) groups excluding carboxylic acids is 3. The third-order valence-corrected chi connectivity index (χ3v) is 3.58. The van der Waals surface area contributed by atoms with Crippen LogP contribution in [-0.2, 0) is 14.9 Å². The first-order valence-electron chi connectivity index (χ1n) is 8.45. The predicted molar refractivity (Wildman–Crippen MR) is 96.4 cm³/mol. The first-order chi connectivity index (χ1) is 11.6. The number of amides is 3. The Morgan fingerprint density at radius 3 is 2.20 bits per heavy atom. The zero-order valence-electron chi connectivity index (χ0n) is 15.6. The molecule has 0 radical (unpaired) electrons. The molecule has 0 unspecified atom stereocenters. The van der Waals surface area contributed by atoms with Gasteiger partial charge < -0.3 is 10.1 Å². The Labute approximate surface area is 149 Å². The fourth-order valence-electron chi connectivity index (χ4n) is 2.00. The number of imide groups is 1. The van der Waals surface area contributed by atoms with Gasteiger partial charge in [-0.25, -0.2) is 9.59 Å². The summed E-state index contributed by atoms with van der Waals surface area (Å²) in [6.07, 6.45) is 0.821. The van der Waals surface area contributed by atoms with E-state index in [4.69, 9.17) is 4.74 Å². The Balaban J connectivity index is 2.40. The highest BCUT2D eigenvalue weighted by Crippen LogP contribution is 2.22. The number of ether oxygens (including phenoxy) is 1. The van der Waals surface area contributed by atoms with E-state index in [2.05, 4.69) is 31.4 Å². The lowest BCUT2D eigenvalue weighted by Crippen LogP contribution is -2.41. The minimum atomic E-state index is -0.665. The highest BCUT2D eigenvalue weighted by atomic mass is 16.5. The van der Waals surface area contributed by atoms with Gasteiger partial charge in [-0.3, -0.25) is 10.1 Å². The van der Waals surface area contributed by atoms with E-state index in [1.807, 2.05) is 26.0 Å². The predicted octanol–water partition coefficient (Wildman–Crippen LogP) is 3.01. The van der Waals surface area contributed by atoms with Crippen molar-refractivity contribution in [3.63, 3.8) is 0 Å². The van der Waals surface area contributed by atoms with Crippen molar-refractivity contribution in [3.05, 3.63) is 35.4 Å². The van der Waals surface area contributed by atoms with Gasteiger partial charge in [0.2, 0.25) is 0 Å². The van der Waals surface area contributed by atoms with E-state index < -0.39 is 24.5 Å². The first-order valence-corrected chi connectivity index (χ1v) is 8.45. The molecule has 1 rings (SSSR count). The summed E-state index contributed by atoms with van der Waals surface area (Å²) in [5.74, 6) is -0.806. The Bertz CT molecular complexity index is 601. The number of carbonyl (C=O) groups is 3. The number of benzene rings is 1. The van der Waals surface area contributed by atoms with Crippen molar-refractivity contribution in [2.45, 2.75) is 46.5 Å². The Kier molecular flexibility index (Phi) is 7.61.